The molecule has 0 saturated heterocycles. The van der Waals surface area contributed by atoms with Crippen molar-refractivity contribution in [3.8, 4) is 166 Å². The molecule has 0 aliphatic carbocycles. The molecule has 0 N–H and O–H groups in total. The van der Waals surface area contributed by atoms with Gasteiger partial charge < -0.3 is 28.3 Å². The Balaban J connectivity index is -0.00000882. The van der Waals surface area contributed by atoms with Crippen molar-refractivity contribution in [1.29, 1.82) is 0 Å². The molecular weight excluding hydrogens is 613 g/mol. The van der Waals surface area contributed by atoms with E-state index in [2.05, 4.69) is 153 Å². The quantitative estimate of drug-likeness (QED) is 0.0942. The summed E-state index contributed by atoms with van der Waals surface area (Å²) in [6.07, 6.45) is 3.39. The Kier molecular flexibility index (Phi) is 31.3. The van der Waals surface area contributed by atoms with Gasteiger partial charge in [-0.05, 0) is 149 Å². The molecule has 8 nitrogen and oxygen atoms in total. The number of phosphoric acid groups is 1. The first-order valence-electron chi connectivity index (χ1n) is 10.7. The number of carbonyl (C=O) groups is 2. The van der Waals surface area contributed by atoms with E-state index in [4.69, 9.17) is 15.9 Å². The zero-order valence-electron chi connectivity index (χ0n) is 23.8. The van der Waals surface area contributed by atoms with E-state index >= 15 is 0 Å². The first kappa shape index (κ1) is 44.3. The minimum absolute atomic E-state index is 0. The summed E-state index contributed by atoms with van der Waals surface area (Å²) in [6, 6.07) is 0. The van der Waals surface area contributed by atoms with Crippen LogP contribution in [0.25, 0.3) is 0 Å². The number of hydrogen-bond acceptors (Lipinski definition) is 8. The van der Waals surface area contributed by atoms with Gasteiger partial charge in [-0.15, -0.1) is 6.42 Å². The first-order valence-corrected chi connectivity index (χ1v) is 12.2. The van der Waals surface area contributed by atoms with Crippen molar-refractivity contribution in [2.75, 3.05) is 13.2 Å². The van der Waals surface area contributed by atoms with E-state index in [0.717, 1.165) is 0 Å². The van der Waals surface area contributed by atoms with Crippen LogP contribution in [-0.4, -0.2) is 31.3 Å². The maximum Gasteiger partial charge on any atom is 1.00 e. The number of esters is 2. The van der Waals surface area contributed by atoms with E-state index in [1.807, 2.05) is 11.8 Å². The predicted molar refractivity (Wildman–Crippen MR) is 150 cm³/mol. The second kappa shape index (κ2) is 31.8. The Morgan fingerprint density at radius 2 is 0.956 bits per heavy atom. The van der Waals surface area contributed by atoms with Crippen molar-refractivity contribution in [2.24, 2.45) is 0 Å². The molecule has 0 aromatic carbocycles. The van der Waals surface area contributed by atoms with Gasteiger partial charge in [0.1, 0.15) is 6.61 Å². The van der Waals surface area contributed by atoms with Crippen LogP contribution >= 0.6 is 7.82 Å². The molecule has 0 rings (SSSR count). The van der Waals surface area contributed by atoms with Crippen molar-refractivity contribution in [2.45, 2.75) is 13.0 Å². The Bertz CT molecular complexity index is 2050. The average Bonchev–Trinajstić information content (AvgIpc) is 2.97. The smallest absolute Gasteiger partial charge is 0.790 e. The van der Waals surface area contributed by atoms with Crippen LogP contribution < -0.4 is 68.9 Å². The number of hydrogen-bond donors (Lipinski definition) is 0. The van der Waals surface area contributed by atoms with Crippen molar-refractivity contribution in [3.05, 3.63) is 0 Å². The van der Waals surface area contributed by atoms with E-state index < -0.39 is 39.1 Å². The molecule has 0 aliphatic heterocycles. The fourth-order valence-electron chi connectivity index (χ4n) is 1.53. The number of terminal acetylenes is 1. The molecule has 0 amide bonds. The summed E-state index contributed by atoms with van der Waals surface area (Å²) in [5, 5.41) is 0. The van der Waals surface area contributed by atoms with Crippen molar-refractivity contribution in [1.82, 2.24) is 0 Å². The minimum Gasteiger partial charge on any atom is -0.790 e. The van der Waals surface area contributed by atoms with Crippen molar-refractivity contribution >= 4 is 19.8 Å². The summed E-state index contributed by atoms with van der Waals surface area (Å²) in [5.74, 6) is 60.2. The maximum absolute atomic E-state index is 11.9. The fraction of sp³-hybridized carbons (Fsp3) is 0.118. The second-order valence-corrected chi connectivity index (χ2v) is 7.04. The molecule has 0 aromatic heterocycles. The van der Waals surface area contributed by atoms with Gasteiger partial charge in [-0.3, -0.25) is 0 Å². The Morgan fingerprint density at radius 3 is 1.33 bits per heavy atom. The molecule has 0 aliphatic rings. The van der Waals surface area contributed by atoms with Gasteiger partial charge in [0, 0.05) is 11.8 Å². The Labute approximate surface area is 306 Å². The van der Waals surface area contributed by atoms with Gasteiger partial charge >= 0.3 is 71.1 Å². The van der Waals surface area contributed by atoms with Gasteiger partial charge in [0.15, 0.2) is 6.10 Å². The van der Waals surface area contributed by atoms with Crippen LogP contribution in [-0.2, 0) is 28.2 Å². The van der Waals surface area contributed by atoms with Crippen LogP contribution in [0.4, 0.5) is 0 Å². The average molecular weight is 622 g/mol. The fourth-order valence-corrected chi connectivity index (χ4v) is 1.88. The van der Waals surface area contributed by atoms with Crippen molar-refractivity contribution < 1.29 is 97.1 Å². The molecule has 11 heteroatoms. The summed E-state index contributed by atoms with van der Waals surface area (Å²) in [6.45, 7) is -0.0560. The predicted octanol–water partition coefficient (Wildman–Crippen LogP) is -8.01. The second-order valence-electron chi connectivity index (χ2n) is 5.89. The molecule has 0 unspecified atom stereocenters. The van der Waals surface area contributed by atoms with Gasteiger partial charge in [0.25, 0.3) is 0 Å². The SMILES string of the molecule is C#CC#CC#CC#CC#CC#CC#CC#CC#CC(=O)O[C@H](COC(=O)C#CC#CC#CC#CC#CC)COP(=O)([O-])[O-].[Na+].[Na+]. The molecule has 200 valence electrons. The molecular formula is C34H9Na2O8P. The largest absolute Gasteiger partial charge is 1.00 e. The molecule has 1 atom stereocenters. The zero-order valence-corrected chi connectivity index (χ0v) is 28.7. The molecule has 0 saturated carbocycles. The van der Waals surface area contributed by atoms with E-state index in [1.165, 1.54) is 0 Å². The molecule has 45 heavy (non-hydrogen) atoms. The molecule has 0 radical (unpaired) electrons. The number of ether oxygens (including phenoxy) is 2. The van der Waals surface area contributed by atoms with Crippen LogP contribution in [0.15, 0.2) is 0 Å². The summed E-state index contributed by atoms with van der Waals surface area (Å²) in [4.78, 5) is 45.0. The van der Waals surface area contributed by atoms with Crippen LogP contribution in [0.2, 0.25) is 0 Å². The van der Waals surface area contributed by atoms with Gasteiger partial charge in [0.05, 0.1) is 14.4 Å². The van der Waals surface area contributed by atoms with Gasteiger partial charge in [-0.2, -0.15) is 0 Å². The zero-order chi connectivity index (χ0) is 31.9. The van der Waals surface area contributed by atoms with Crippen LogP contribution in [0.5, 0.6) is 0 Å². The molecule has 0 spiro atoms. The van der Waals surface area contributed by atoms with E-state index in [-0.39, 0.29) is 59.1 Å². The number of phosphoric ester groups is 1. The summed E-state index contributed by atoms with van der Waals surface area (Å²) >= 11 is 0. The van der Waals surface area contributed by atoms with Crippen LogP contribution in [0.1, 0.15) is 6.92 Å². The molecule has 0 heterocycles. The number of rotatable bonds is 6. The summed E-state index contributed by atoms with van der Waals surface area (Å²) < 4.78 is 24.3. The van der Waals surface area contributed by atoms with Gasteiger partial charge in [0.2, 0.25) is 0 Å². The standard InChI is InChI=1S/C34H11O8P.2Na/c1-3-5-7-9-11-13-14-15-16-17-18-19-21-23-25-27-29-34(36)42-32(31-41-43(37,38)39)30-40-33(35)28-26-24-22-20-12-10-8-6-4-2;;/h1,32H,30-31H2,2H3,(H2,37,38,39);;/q;2*+1/p-2/t32-;;/m1../s1. The topological polar surface area (TPSA) is 125 Å². The van der Waals surface area contributed by atoms with Crippen LogP contribution in [0.3, 0.4) is 0 Å². The molecule has 0 bridgehead atoms. The van der Waals surface area contributed by atoms with E-state index in [1.54, 1.807) is 6.92 Å². The molecule has 0 fully saturated rings. The number of carbonyl (C=O) groups excluding carboxylic acids is 2. The monoisotopic (exact) mass is 622 g/mol. The summed E-state index contributed by atoms with van der Waals surface area (Å²) in [7, 11) is -5.43. The van der Waals surface area contributed by atoms with Gasteiger partial charge in [-0.1, -0.05) is 5.92 Å². The Morgan fingerprint density at radius 1 is 0.600 bits per heavy atom. The normalized spacial score (nSPS) is 6.98. The van der Waals surface area contributed by atoms with Gasteiger partial charge in [-0.25, -0.2) is 9.59 Å². The minimum atomic E-state index is -5.43. The Hall–Kier alpha value is -5.11. The first-order chi connectivity index (χ1) is 20.8. The molecule has 0 aromatic rings. The third kappa shape index (κ3) is 35.0. The third-order valence-electron chi connectivity index (χ3n) is 2.93. The van der Waals surface area contributed by atoms with Crippen molar-refractivity contribution in [3.63, 3.8) is 0 Å². The van der Waals surface area contributed by atoms with E-state index in [0.29, 0.717) is 0 Å². The van der Waals surface area contributed by atoms with E-state index in [9.17, 15) is 23.9 Å². The summed E-state index contributed by atoms with van der Waals surface area (Å²) in [5.41, 5.74) is 0. The van der Waals surface area contributed by atoms with Crippen LogP contribution in [0, 0.1) is 166 Å². The third-order valence-corrected chi connectivity index (χ3v) is 3.40. The maximum atomic E-state index is 11.9.